The van der Waals surface area contributed by atoms with Crippen LogP contribution in [0.2, 0.25) is 0 Å². The van der Waals surface area contributed by atoms with Crippen LogP contribution in [0, 0.1) is 0 Å². The van der Waals surface area contributed by atoms with Crippen LogP contribution in [-0.4, -0.2) is 35.2 Å². The minimum Gasteiger partial charge on any atom is -0.468 e. The Bertz CT molecular complexity index is 556. The highest BCUT2D eigenvalue weighted by Gasteiger charge is 2.30. The molecule has 3 unspecified atom stereocenters. The van der Waals surface area contributed by atoms with Crippen LogP contribution in [0.1, 0.15) is 30.7 Å². The summed E-state index contributed by atoms with van der Waals surface area (Å²) in [6, 6.07) is 15.1. The van der Waals surface area contributed by atoms with Gasteiger partial charge in [0.25, 0.3) is 0 Å². The lowest BCUT2D eigenvalue weighted by Gasteiger charge is -2.22. The summed E-state index contributed by atoms with van der Waals surface area (Å²) >= 11 is 0. The van der Waals surface area contributed by atoms with Crippen molar-refractivity contribution in [1.82, 2.24) is 10.2 Å². The van der Waals surface area contributed by atoms with E-state index >= 15 is 0 Å². The Balaban J connectivity index is 1.58. The third-order valence-corrected chi connectivity index (χ3v) is 4.44. The number of benzene rings is 1. The molecule has 2 aromatic rings. The molecule has 0 radical (unpaired) electrons. The number of likely N-dealkylation sites (tertiary alicyclic amines) is 1. The third kappa shape index (κ3) is 3.58. The van der Waals surface area contributed by atoms with Crippen LogP contribution in [0.25, 0.3) is 0 Å². The van der Waals surface area contributed by atoms with E-state index in [1.165, 1.54) is 5.56 Å². The quantitative estimate of drug-likeness (QED) is 0.861. The molecule has 118 valence electrons. The number of hydrogen-bond acceptors (Lipinski definition) is 4. The molecule has 3 rings (SSSR count). The van der Waals surface area contributed by atoms with Crippen LogP contribution in [-0.2, 0) is 6.54 Å². The first kappa shape index (κ1) is 15.3. The van der Waals surface area contributed by atoms with Crippen LogP contribution in [0.5, 0.6) is 0 Å². The first-order valence-corrected chi connectivity index (χ1v) is 7.94. The Morgan fingerprint density at radius 1 is 1.27 bits per heavy atom. The van der Waals surface area contributed by atoms with Gasteiger partial charge in [-0.15, -0.1) is 0 Å². The smallest absolute Gasteiger partial charge is 0.123 e. The van der Waals surface area contributed by atoms with Gasteiger partial charge in [0, 0.05) is 25.2 Å². The summed E-state index contributed by atoms with van der Waals surface area (Å²) < 4.78 is 5.41. The predicted molar refractivity (Wildman–Crippen MR) is 86.4 cm³/mol. The maximum Gasteiger partial charge on any atom is 0.123 e. The van der Waals surface area contributed by atoms with Gasteiger partial charge in [0.15, 0.2) is 0 Å². The van der Waals surface area contributed by atoms with E-state index in [0.717, 1.165) is 25.3 Å². The van der Waals surface area contributed by atoms with Crippen LogP contribution >= 0.6 is 0 Å². The van der Waals surface area contributed by atoms with E-state index in [1.807, 2.05) is 12.1 Å². The van der Waals surface area contributed by atoms with Crippen LogP contribution in [0.3, 0.4) is 0 Å². The maximum atomic E-state index is 9.59. The van der Waals surface area contributed by atoms with Crippen molar-refractivity contribution < 1.29 is 9.52 Å². The Kier molecular flexibility index (Phi) is 4.93. The monoisotopic (exact) mass is 300 g/mol. The highest BCUT2D eigenvalue weighted by molar-refractivity contribution is 5.15. The van der Waals surface area contributed by atoms with Gasteiger partial charge in [0.05, 0.1) is 18.9 Å². The molecule has 1 aliphatic rings. The molecule has 0 bridgehead atoms. The Morgan fingerprint density at radius 3 is 2.77 bits per heavy atom. The van der Waals surface area contributed by atoms with Gasteiger partial charge in [0.2, 0.25) is 0 Å². The SMILES string of the molecule is CC1CC(NC(CO)c2ccco2)CN1Cc1ccccc1. The van der Waals surface area contributed by atoms with E-state index in [0.29, 0.717) is 12.1 Å². The van der Waals surface area contributed by atoms with E-state index in [1.54, 1.807) is 6.26 Å². The molecule has 2 N–H and O–H groups in total. The average molecular weight is 300 g/mol. The largest absolute Gasteiger partial charge is 0.468 e. The van der Waals surface area contributed by atoms with E-state index in [9.17, 15) is 5.11 Å². The molecule has 4 heteroatoms. The van der Waals surface area contributed by atoms with Gasteiger partial charge < -0.3 is 14.8 Å². The fourth-order valence-corrected chi connectivity index (χ4v) is 3.26. The predicted octanol–water partition coefficient (Wildman–Crippen LogP) is 2.57. The van der Waals surface area contributed by atoms with Gasteiger partial charge in [-0.05, 0) is 31.0 Å². The number of hydrogen-bond donors (Lipinski definition) is 2. The van der Waals surface area contributed by atoms with Crippen molar-refractivity contribution in [3.05, 3.63) is 60.1 Å². The van der Waals surface area contributed by atoms with Gasteiger partial charge in [0.1, 0.15) is 5.76 Å². The molecule has 1 aromatic heterocycles. The summed E-state index contributed by atoms with van der Waals surface area (Å²) in [5.41, 5.74) is 1.35. The number of aliphatic hydroxyl groups excluding tert-OH is 1. The molecule has 1 saturated heterocycles. The molecule has 0 amide bonds. The maximum absolute atomic E-state index is 9.59. The highest BCUT2D eigenvalue weighted by Crippen LogP contribution is 2.23. The van der Waals surface area contributed by atoms with E-state index in [2.05, 4.69) is 47.5 Å². The number of nitrogens with one attached hydrogen (secondary N) is 1. The van der Waals surface area contributed by atoms with Gasteiger partial charge in [-0.1, -0.05) is 30.3 Å². The third-order valence-electron chi connectivity index (χ3n) is 4.44. The zero-order valence-electron chi connectivity index (χ0n) is 13.0. The van der Waals surface area contributed by atoms with E-state index < -0.39 is 0 Å². The van der Waals surface area contributed by atoms with E-state index in [4.69, 9.17) is 4.42 Å². The minimum atomic E-state index is -0.121. The lowest BCUT2D eigenvalue weighted by atomic mass is 10.1. The minimum absolute atomic E-state index is 0.0527. The highest BCUT2D eigenvalue weighted by atomic mass is 16.3. The van der Waals surface area contributed by atoms with Crippen LogP contribution in [0.4, 0.5) is 0 Å². The number of rotatable bonds is 6. The van der Waals surface area contributed by atoms with Crippen molar-refractivity contribution in [2.24, 2.45) is 0 Å². The van der Waals surface area contributed by atoms with Gasteiger partial charge in [-0.25, -0.2) is 0 Å². The summed E-state index contributed by atoms with van der Waals surface area (Å²) in [5.74, 6) is 0.802. The Morgan fingerprint density at radius 2 is 2.09 bits per heavy atom. The molecule has 3 atom stereocenters. The molecule has 0 spiro atoms. The first-order valence-electron chi connectivity index (χ1n) is 7.94. The molecular formula is C18H24N2O2. The molecule has 1 fully saturated rings. The standard InChI is InChI=1S/C18H24N2O2/c1-14-10-16(19-17(13-21)18-8-5-9-22-18)12-20(14)11-15-6-3-2-4-7-15/h2-9,14,16-17,19,21H,10-13H2,1H3. The molecular weight excluding hydrogens is 276 g/mol. The molecule has 0 aliphatic carbocycles. The molecule has 22 heavy (non-hydrogen) atoms. The Labute approximate surface area is 131 Å². The summed E-state index contributed by atoms with van der Waals surface area (Å²) in [5, 5.41) is 13.1. The second-order valence-corrected chi connectivity index (χ2v) is 6.11. The molecule has 1 aliphatic heterocycles. The zero-order valence-corrected chi connectivity index (χ0v) is 13.0. The second kappa shape index (κ2) is 7.09. The van der Waals surface area contributed by atoms with Crippen molar-refractivity contribution in [2.45, 2.75) is 38.0 Å². The summed E-state index contributed by atoms with van der Waals surface area (Å²) in [6.07, 6.45) is 2.74. The molecule has 4 nitrogen and oxygen atoms in total. The molecule has 1 aromatic carbocycles. The summed E-state index contributed by atoms with van der Waals surface area (Å²) in [4.78, 5) is 2.49. The van der Waals surface area contributed by atoms with Crippen molar-refractivity contribution in [3.63, 3.8) is 0 Å². The molecule has 0 saturated carbocycles. The first-order chi connectivity index (χ1) is 10.8. The fourth-order valence-electron chi connectivity index (χ4n) is 3.26. The van der Waals surface area contributed by atoms with Crippen LogP contribution < -0.4 is 5.32 Å². The van der Waals surface area contributed by atoms with Gasteiger partial charge in [-0.3, -0.25) is 4.90 Å². The second-order valence-electron chi connectivity index (χ2n) is 6.11. The van der Waals surface area contributed by atoms with Crippen molar-refractivity contribution in [1.29, 1.82) is 0 Å². The van der Waals surface area contributed by atoms with Gasteiger partial charge in [-0.2, -0.15) is 0 Å². The zero-order chi connectivity index (χ0) is 15.4. The Hall–Kier alpha value is -1.62. The van der Waals surface area contributed by atoms with Crippen molar-refractivity contribution in [2.75, 3.05) is 13.2 Å². The van der Waals surface area contributed by atoms with Crippen LogP contribution in [0.15, 0.2) is 53.1 Å². The topological polar surface area (TPSA) is 48.6 Å². The number of nitrogens with zero attached hydrogens (tertiary/aromatic N) is 1. The molecule has 2 heterocycles. The average Bonchev–Trinajstić information content (AvgIpc) is 3.17. The van der Waals surface area contributed by atoms with Crippen molar-refractivity contribution >= 4 is 0 Å². The fraction of sp³-hybridized carbons (Fsp3) is 0.444. The van der Waals surface area contributed by atoms with Crippen molar-refractivity contribution in [3.8, 4) is 0 Å². The summed E-state index contributed by atoms with van der Waals surface area (Å²) in [6.45, 7) is 4.29. The number of furan rings is 1. The lowest BCUT2D eigenvalue weighted by Crippen LogP contribution is -2.36. The summed E-state index contributed by atoms with van der Waals surface area (Å²) in [7, 11) is 0. The normalized spacial score (nSPS) is 23.7. The lowest BCUT2D eigenvalue weighted by molar-refractivity contribution is 0.211. The number of aliphatic hydroxyl groups is 1. The van der Waals surface area contributed by atoms with Gasteiger partial charge >= 0.3 is 0 Å². The van der Waals surface area contributed by atoms with E-state index in [-0.39, 0.29) is 12.6 Å².